The maximum absolute atomic E-state index is 12.6. The fourth-order valence-corrected chi connectivity index (χ4v) is 3.99. The van der Waals surface area contributed by atoms with Crippen LogP contribution in [0.1, 0.15) is 16.8 Å². The lowest BCUT2D eigenvalue weighted by Crippen LogP contribution is -2.16. The largest absolute Gasteiger partial charge is 0.304 e. The van der Waals surface area contributed by atoms with Crippen molar-refractivity contribution in [2.75, 3.05) is 18.8 Å². The molecule has 0 saturated heterocycles. The van der Waals surface area contributed by atoms with E-state index in [4.69, 9.17) is 0 Å². The maximum Gasteiger partial charge on any atom is 0.236 e. The van der Waals surface area contributed by atoms with Gasteiger partial charge in [0.05, 0.1) is 22.7 Å². The van der Waals surface area contributed by atoms with Crippen molar-refractivity contribution in [1.29, 1.82) is 0 Å². The van der Waals surface area contributed by atoms with Gasteiger partial charge in [-0.2, -0.15) is 0 Å². The van der Waals surface area contributed by atoms with Gasteiger partial charge < -0.3 is 4.90 Å². The molecule has 0 spiro atoms. The highest BCUT2D eigenvalue weighted by molar-refractivity contribution is 7.91. The minimum absolute atomic E-state index is 0.0684. The van der Waals surface area contributed by atoms with E-state index in [0.29, 0.717) is 17.7 Å². The van der Waals surface area contributed by atoms with Gasteiger partial charge in [-0.05, 0) is 38.7 Å². The molecule has 0 fully saturated rings. The van der Waals surface area contributed by atoms with Gasteiger partial charge >= 0.3 is 0 Å². The fourth-order valence-electron chi connectivity index (χ4n) is 2.79. The number of rotatable bonds is 6. The Morgan fingerprint density at radius 1 is 1.00 bits per heavy atom. The molecule has 0 atom stereocenters. The highest BCUT2D eigenvalue weighted by Gasteiger charge is 2.14. The monoisotopic (exact) mass is 369 g/mol. The summed E-state index contributed by atoms with van der Waals surface area (Å²) in [7, 11) is 0.420. The Bertz CT molecular complexity index is 1010. The van der Waals surface area contributed by atoms with E-state index in [-0.39, 0.29) is 5.75 Å². The molecule has 136 valence electrons. The van der Waals surface area contributed by atoms with Crippen molar-refractivity contribution in [2.24, 2.45) is 0 Å². The predicted octanol–water partition coefficient (Wildman–Crippen LogP) is 3.55. The van der Waals surface area contributed by atoms with Crippen LogP contribution >= 0.6 is 0 Å². The summed E-state index contributed by atoms with van der Waals surface area (Å²) in [5, 5.41) is 0.906. The van der Waals surface area contributed by atoms with E-state index in [0.717, 1.165) is 22.2 Å². The zero-order valence-corrected chi connectivity index (χ0v) is 16.0. The highest BCUT2D eigenvalue weighted by atomic mass is 32.2. The van der Waals surface area contributed by atoms with E-state index >= 15 is 0 Å². The first-order valence-electron chi connectivity index (χ1n) is 8.42. The lowest BCUT2D eigenvalue weighted by Gasteiger charge is -2.13. The minimum Gasteiger partial charge on any atom is -0.304 e. The van der Waals surface area contributed by atoms with Gasteiger partial charge in [0.1, 0.15) is 0 Å². The molecule has 1 heterocycles. The van der Waals surface area contributed by atoms with E-state index in [1.165, 1.54) is 0 Å². The van der Waals surface area contributed by atoms with Gasteiger partial charge in [0.15, 0.2) is 0 Å². The van der Waals surface area contributed by atoms with Crippen molar-refractivity contribution in [3.8, 4) is 0 Å². The Labute approximate surface area is 154 Å². The van der Waals surface area contributed by atoms with Gasteiger partial charge in [-0.1, -0.05) is 48.0 Å². The molecule has 5 nitrogen and oxygen atoms in total. The quantitative estimate of drug-likeness (QED) is 0.722. The highest BCUT2D eigenvalue weighted by Crippen LogP contribution is 2.24. The van der Waals surface area contributed by atoms with Crippen LogP contribution in [0.5, 0.6) is 0 Å². The first kappa shape index (κ1) is 18.4. The van der Waals surface area contributed by atoms with Crippen molar-refractivity contribution in [1.82, 2.24) is 9.88 Å². The molecule has 0 radical (unpaired) electrons. The SMILES string of the molecule is Cc1ccc(CS(=O)(=O)Nc2cccc3ccc(CN(C)C)nc23)cc1. The number of hydrogen-bond donors (Lipinski definition) is 1. The molecule has 0 amide bonds. The molecule has 1 N–H and O–H groups in total. The second kappa shape index (κ2) is 7.43. The van der Waals surface area contributed by atoms with Crippen molar-refractivity contribution in [2.45, 2.75) is 19.2 Å². The summed E-state index contributed by atoms with van der Waals surface area (Å²) in [5.74, 6) is -0.0684. The number of sulfonamides is 1. The summed E-state index contributed by atoms with van der Waals surface area (Å²) in [6.07, 6.45) is 0. The number of nitrogens with one attached hydrogen (secondary N) is 1. The Hall–Kier alpha value is -2.44. The number of aromatic nitrogens is 1. The molecule has 3 rings (SSSR count). The fraction of sp³-hybridized carbons (Fsp3) is 0.250. The molecule has 0 aliphatic carbocycles. The van der Waals surface area contributed by atoms with Gasteiger partial charge in [0, 0.05) is 11.9 Å². The van der Waals surface area contributed by atoms with Crippen molar-refractivity contribution in [3.63, 3.8) is 0 Å². The Kier molecular flexibility index (Phi) is 5.25. The molecular weight excluding hydrogens is 346 g/mol. The smallest absolute Gasteiger partial charge is 0.236 e. The maximum atomic E-state index is 12.6. The van der Waals surface area contributed by atoms with Crippen LogP contribution in [0.25, 0.3) is 10.9 Å². The van der Waals surface area contributed by atoms with Crippen molar-refractivity contribution < 1.29 is 8.42 Å². The van der Waals surface area contributed by atoms with E-state index in [1.54, 1.807) is 6.07 Å². The van der Waals surface area contributed by atoms with Gasteiger partial charge in [-0.25, -0.2) is 13.4 Å². The van der Waals surface area contributed by atoms with Crippen LogP contribution in [-0.4, -0.2) is 32.4 Å². The molecular formula is C20H23N3O2S. The Morgan fingerprint density at radius 2 is 1.73 bits per heavy atom. The molecule has 6 heteroatoms. The average Bonchev–Trinajstić information content (AvgIpc) is 2.56. The minimum atomic E-state index is -3.53. The third-order valence-electron chi connectivity index (χ3n) is 4.00. The lowest BCUT2D eigenvalue weighted by atomic mass is 10.2. The van der Waals surface area contributed by atoms with Gasteiger partial charge in [0.25, 0.3) is 0 Å². The van der Waals surface area contributed by atoms with E-state index in [9.17, 15) is 8.42 Å². The van der Waals surface area contributed by atoms with Crippen LogP contribution in [0.15, 0.2) is 54.6 Å². The zero-order chi connectivity index (χ0) is 18.7. The molecule has 3 aromatic rings. The summed E-state index contributed by atoms with van der Waals surface area (Å²) in [6.45, 7) is 2.67. The van der Waals surface area contributed by atoms with Crippen molar-refractivity contribution in [3.05, 3.63) is 71.4 Å². The van der Waals surface area contributed by atoms with Gasteiger partial charge in [-0.15, -0.1) is 0 Å². The number of hydrogen-bond acceptors (Lipinski definition) is 4. The van der Waals surface area contributed by atoms with E-state index in [1.807, 2.05) is 74.4 Å². The molecule has 0 bridgehead atoms. The van der Waals surface area contributed by atoms with Gasteiger partial charge in [-0.3, -0.25) is 4.72 Å². The molecule has 0 unspecified atom stereocenters. The summed E-state index contributed by atoms with van der Waals surface area (Å²) in [4.78, 5) is 6.68. The first-order valence-corrected chi connectivity index (χ1v) is 10.1. The number of nitrogens with zero attached hydrogens (tertiary/aromatic N) is 2. The Morgan fingerprint density at radius 3 is 2.42 bits per heavy atom. The van der Waals surface area contributed by atoms with Crippen LogP contribution in [0.2, 0.25) is 0 Å². The lowest BCUT2D eigenvalue weighted by molar-refractivity contribution is 0.397. The number of para-hydroxylation sites is 1. The van der Waals surface area contributed by atoms with Crippen LogP contribution in [0, 0.1) is 6.92 Å². The van der Waals surface area contributed by atoms with Crippen LogP contribution in [0.4, 0.5) is 5.69 Å². The van der Waals surface area contributed by atoms with E-state index < -0.39 is 10.0 Å². The summed E-state index contributed by atoms with van der Waals surface area (Å²) in [5.41, 5.74) is 3.93. The molecule has 1 aromatic heterocycles. The zero-order valence-electron chi connectivity index (χ0n) is 15.2. The summed E-state index contributed by atoms with van der Waals surface area (Å²) < 4.78 is 27.9. The van der Waals surface area contributed by atoms with E-state index in [2.05, 4.69) is 9.71 Å². The molecule has 0 aliphatic rings. The van der Waals surface area contributed by atoms with Crippen LogP contribution in [0.3, 0.4) is 0 Å². The number of pyridine rings is 1. The first-order chi connectivity index (χ1) is 12.3. The number of benzene rings is 2. The Balaban J connectivity index is 1.90. The number of aryl methyl sites for hydroxylation is 1. The molecule has 2 aromatic carbocycles. The third kappa shape index (κ3) is 4.59. The van der Waals surface area contributed by atoms with Gasteiger partial charge in [0.2, 0.25) is 10.0 Å². The van der Waals surface area contributed by atoms with Crippen molar-refractivity contribution >= 4 is 26.6 Å². The topological polar surface area (TPSA) is 62.3 Å². The second-order valence-electron chi connectivity index (χ2n) is 6.76. The molecule has 0 saturated carbocycles. The average molecular weight is 369 g/mol. The summed E-state index contributed by atoms with van der Waals surface area (Å²) >= 11 is 0. The molecule has 0 aliphatic heterocycles. The summed E-state index contributed by atoms with van der Waals surface area (Å²) in [6, 6.07) is 17.0. The normalized spacial score (nSPS) is 11.8. The van der Waals surface area contributed by atoms with Crippen LogP contribution in [-0.2, 0) is 22.3 Å². The predicted molar refractivity (Wildman–Crippen MR) is 107 cm³/mol. The molecule has 26 heavy (non-hydrogen) atoms. The third-order valence-corrected chi connectivity index (χ3v) is 5.24. The standard InChI is InChI=1S/C20H23N3O2S/c1-15-7-9-16(10-8-15)14-26(24,25)22-19-6-4-5-17-11-12-18(13-23(2)3)21-20(17)19/h4-12,22H,13-14H2,1-3H3. The second-order valence-corrected chi connectivity index (χ2v) is 8.49. The number of fused-ring (bicyclic) bond motifs is 1. The number of anilines is 1. The van der Waals surface area contributed by atoms with Crippen LogP contribution < -0.4 is 4.72 Å².